The Kier molecular flexibility index (Phi) is 13.0. The second kappa shape index (κ2) is 13.5. The molecule has 1 atom stereocenters. The molecule has 0 bridgehead atoms. The van der Waals surface area contributed by atoms with Crippen LogP contribution in [0.25, 0.3) is 0 Å². The van der Waals surface area contributed by atoms with E-state index in [2.05, 4.69) is 41.6 Å². The summed E-state index contributed by atoms with van der Waals surface area (Å²) in [5.74, 6) is 0.652. The number of carbonyl (C=O) groups is 1. The van der Waals surface area contributed by atoms with Gasteiger partial charge in [0.1, 0.15) is 0 Å². The molecule has 0 aliphatic carbocycles. The molecule has 138 valence electrons. The number of rotatable bonds is 9. The minimum absolute atomic E-state index is 0. The van der Waals surface area contributed by atoms with E-state index in [1.165, 1.54) is 9.75 Å². The zero-order valence-corrected chi connectivity index (χ0v) is 18.2. The average Bonchev–Trinajstić information content (AvgIpc) is 2.89. The molecule has 2 N–H and O–H groups in total. The molecule has 1 rings (SSSR count). The number of carbonyl (C=O) groups excluding carboxylic acids is 1. The monoisotopic (exact) mass is 467 g/mol. The standard InChI is InChI=1S/C17H29N3O2S.HI/c1-5-18-17(19-11-7-8-16(21)22-6-2)20-13(3)12-15-10-9-14(4)23-15;/h9-10,13H,5-8,11-12H2,1-4H3,(H2,18,19,20);1H. The average molecular weight is 467 g/mol. The minimum Gasteiger partial charge on any atom is -0.466 e. The predicted molar refractivity (Wildman–Crippen MR) is 113 cm³/mol. The fraction of sp³-hybridized carbons (Fsp3) is 0.647. The summed E-state index contributed by atoms with van der Waals surface area (Å²) in [7, 11) is 0. The fourth-order valence-corrected chi connectivity index (χ4v) is 3.17. The largest absolute Gasteiger partial charge is 0.466 e. The molecule has 0 spiro atoms. The van der Waals surface area contributed by atoms with Crippen LogP contribution in [0.15, 0.2) is 17.1 Å². The van der Waals surface area contributed by atoms with Crippen LogP contribution in [-0.4, -0.2) is 37.7 Å². The Morgan fingerprint density at radius 2 is 2.12 bits per heavy atom. The Hall–Kier alpha value is -0.830. The van der Waals surface area contributed by atoms with Crippen molar-refractivity contribution in [2.24, 2.45) is 4.99 Å². The highest BCUT2D eigenvalue weighted by molar-refractivity contribution is 14.0. The number of hydrogen-bond donors (Lipinski definition) is 2. The Bertz CT molecular complexity index is 506. The summed E-state index contributed by atoms with van der Waals surface area (Å²) in [5, 5.41) is 6.66. The van der Waals surface area contributed by atoms with Crippen LogP contribution in [0.2, 0.25) is 0 Å². The van der Waals surface area contributed by atoms with Gasteiger partial charge in [0.25, 0.3) is 0 Å². The van der Waals surface area contributed by atoms with Crippen molar-refractivity contribution >= 4 is 47.2 Å². The lowest BCUT2D eigenvalue weighted by Crippen LogP contribution is -2.43. The molecule has 0 aliphatic rings. The lowest BCUT2D eigenvalue weighted by Gasteiger charge is -2.17. The maximum Gasteiger partial charge on any atom is 0.305 e. The summed E-state index contributed by atoms with van der Waals surface area (Å²) < 4.78 is 4.91. The van der Waals surface area contributed by atoms with Crippen LogP contribution in [0.1, 0.15) is 43.4 Å². The van der Waals surface area contributed by atoms with E-state index >= 15 is 0 Å². The lowest BCUT2D eigenvalue weighted by molar-refractivity contribution is -0.143. The SMILES string of the molecule is CCNC(=NCCCC(=O)OCC)NC(C)Cc1ccc(C)s1.I. The molecule has 0 amide bonds. The zero-order chi connectivity index (χ0) is 17.1. The Morgan fingerprint density at radius 3 is 2.71 bits per heavy atom. The maximum absolute atomic E-state index is 11.3. The summed E-state index contributed by atoms with van der Waals surface area (Å²) in [5.41, 5.74) is 0. The quantitative estimate of drug-likeness (QED) is 0.192. The number of hydrogen-bond acceptors (Lipinski definition) is 4. The number of nitrogens with zero attached hydrogens (tertiary/aromatic N) is 1. The first kappa shape index (κ1) is 23.2. The highest BCUT2D eigenvalue weighted by Crippen LogP contribution is 2.16. The molecule has 0 saturated carbocycles. The van der Waals surface area contributed by atoms with Crippen LogP contribution in [0.3, 0.4) is 0 Å². The topological polar surface area (TPSA) is 62.7 Å². The van der Waals surface area contributed by atoms with E-state index < -0.39 is 0 Å². The van der Waals surface area contributed by atoms with E-state index in [9.17, 15) is 4.79 Å². The summed E-state index contributed by atoms with van der Waals surface area (Å²) in [6.07, 6.45) is 2.10. The number of esters is 1. The molecule has 5 nitrogen and oxygen atoms in total. The molecule has 24 heavy (non-hydrogen) atoms. The van der Waals surface area contributed by atoms with Gasteiger partial charge in [0, 0.05) is 41.7 Å². The van der Waals surface area contributed by atoms with Crippen LogP contribution in [-0.2, 0) is 16.0 Å². The van der Waals surface area contributed by atoms with Crippen molar-refractivity contribution in [3.05, 3.63) is 21.9 Å². The molecule has 7 heteroatoms. The third kappa shape index (κ3) is 10.1. The van der Waals surface area contributed by atoms with Crippen LogP contribution >= 0.6 is 35.3 Å². The number of ether oxygens (including phenoxy) is 1. The van der Waals surface area contributed by atoms with E-state index in [0.29, 0.717) is 32.0 Å². The van der Waals surface area contributed by atoms with Crippen LogP contribution in [0.4, 0.5) is 0 Å². The third-order valence-corrected chi connectivity index (χ3v) is 4.17. The molecule has 1 unspecified atom stereocenters. The Balaban J connectivity index is 0.00000529. The van der Waals surface area contributed by atoms with E-state index in [-0.39, 0.29) is 29.9 Å². The first-order chi connectivity index (χ1) is 11.0. The van der Waals surface area contributed by atoms with Crippen molar-refractivity contribution < 1.29 is 9.53 Å². The lowest BCUT2D eigenvalue weighted by atomic mass is 10.2. The Morgan fingerprint density at radius 1 is 1.38 bits per heavy atom. The van der Waals surface area contributed by atoms with Crippen molar-refractivity contribution in [3.63, 3.8) is 0 Å². The van der Waals surface area contributed by atoms with Crippen LogP contribution < -0.4 is 10.6 Å². The molecular formula is C17H30IN3O2S. The molecule has 1 aromatic heterocycles. The highest BCUT2D eigenvalue weighted by atomic mass is 127. The van der Waals surface area contributed by atoms with Crippen molar-refractivity contribution in [2.75, 3.05) is 19.7 Å². The molecular weight excluding hydrogens is 437 g/mol. The molecule has 1 heterocycles. The van der Waals surface area contributed by atoms with Gasteiger partial charge < -0.3 is 15.4 Å². The third-order valence-electron chi connectivity index (χ3n) is 3.14. The first-order valence-electron chi connectivity index (χ1n) is 8.30. The number of nitrogens with one attached hydrogen (secondary N) is 2. The first-order valence-corrected chi connectivity index (χ1v) is 9.12. The smallest absolute Gasteiger partial charge is 0.305 e. The predicted octanol–water partition coefficient (Wildman–Crippen LogP) is 3.50. The van der Waals surface area contributed by atoms with Crippen molar-refractivity contribution in [1.82, 2.24) is 10.6 Å². The van der Waals surface area contributed by atoms with Gasteiger partial charge in [-0.3, -0.25) is 9.79 Å². The molecule has 0 radical (unpaired) electrons. The van der Waals surface area contributed by atoms with Gasteiger partial charge in [0.15, 0.2) is 5.96 Å². The molecule has 0 aromatic carbocycles. The van der Waals surface area contributed by atoms with Crippen LogP contribution in [0.5, 0.6) is 0 Å². The van der Waals surface area contributed by atoms with E-state index in [1.54, 1.807) is 0 Å². The number of halogens is 1. The Labute approximate surface area is 166 Å². The van der Waals surface area contributed by atoms with Gasteiger partial charge in [-0.25, -0.2) is 0 Å². The fourth-order valence-electron chi connectivity index (χ4n) is 2.15. The number of aliphatic imine (C=N–C) groups is 1. The number of thiophene rings is 1. The van der Waals surface area contributed by atoms with E-state index in [4.69, 9.17) is 4.74 Å². The van der Waals surface area contributed by atoms with Crippen molar-refractivity contribution in [1.29, 1.82) is 0 Å². The summed E-state index contributed by atoms with van der Waals surface area (Å²) >= 11 is 1.83. The zero-order valence-electron chi connectivity index (χ0n) is 15.1. The van der Waals surface area contributed by atoms with Gasteiger partial charge in [0.05, 0.1) is 6.61 Å². The van der Waals surface area contributed by atoms with Gasteiger partial charge in [-0.2, -0.15) is 0 Å². The maximum atomic E-state index is 11.3. The van der Waals surface area contributed by atoms with Crippen molar-refractivity contribution in [3.8, 4) is 0 Å². The van der Waals surface area contributed by atoms with Gasteiger partial charge in [-0.15, -0.1) is 35.3 Å². The summed E-state index contributed by atoms with van der Waals surface area (Å²) in [4.78, 5) is 18.5. The van der Waals surface area contributed by atoms with Gasteiger partial charge in [-0.1, -0.05) is 0 Å². The molecule has 0 saturated heterocycles. The minimum atomic E-state index is -0.151. The molecule has 0 aliphatic heterocycles. The van der Waals surface area contributed by atoms with Gasteiger partial charge in [-0.05, 0) is 46.2 Å². The van der Waals surface area contributed by atoms with Crippen molar-refractivity contribution in [2.45, 2.75) is 53.0 Å². The van der Waals surface area contributed by atoms with Gasteiger partial charge in [0.2, 0.25) is 0 Å². The number of aryl methyl sites for hydroxylation is 1. The molecule has 1 aromatic rings. The van der Waals surface area contributed by atoms with E-state index in [0.717, 1.165) is 18.9 Å². The summed E-state index contributed by atoms with van der Waals surface area (Å²) in [6.45, 7) is 10.0. The second-order valence-electron chi connectivity index (χ2n) is 5.43. The van der Waals surface area contributed by atoms with Crippen LogP contribution in [0, 0.1) is 6.92 Å². The van der Waals surface area contributed by atoms with E-state index in [1.807, 2.05) is 25.2 Å². The summed E-state index contributed by atoms with van der Waals surface area (Å²) in [6, 6.07) is 4.64. The molecule has 0 fully saturated rings. The van der Waals surface area contributed by atoms with Gasteiger partial charge >= 0.3 is 5.97 Å². The normalized spacial score (nSPS) is 12.2. The second-order valence-corrected chi connectivity index (χ2v) is 6.80. The highest BCUT2D eigenvalue weighted by Gasteiger charge is 2.08. The number of guanidine groups is 1.